The van der Waals surface area contributed by atoms with Gasteiger partial charge in [-0.25, -0.2) is 0 Å². The number of hydrogen-bond acceptors (Lipinski definition) is 4. The molecular weight excluding hydrogens is 527 g/mol. The Labute approximate surface area is 191 Å². The highest BCUT2D eigenvalue weighted by molar-refractivity contribution is 9.10. The van der Waals surface area contributed by atoms with Crippen molar-refractivity contribution in [1.82, 2.24) is 10.9 Å². The quantitative estimate of drug-likeness (QED) is 0.510. The minimum Gasteiger partial charge on any atom is -0.483 e. The molecule has 0 saturated carbocycles. The lowest BCUT2D eigenvalue weighted by atomic mass is 9.87. The minimum atomic E-state index is -0.518. The van der Waals surface area contributed by atoms with Crippen molar-refractivity contribution in [2.24, 2.45) is 0 Å². The van der Waals surface area contributed by atoms with E-state index in [1.165, 1.54) is 0 Å². The molecule has 6 nitrogen and oxygen atoms in total. The van der Waals surface area contributed by atoms with Gasteiger partial charge < -0.3 is 9.47 Å². The number of ether oxygens (including phenoxy) is 2. The van der Waals surface area contributed by atoms with E-state index in [0.717, 1.165) is 10.0 Å². The van der Waals surface area contributed by atoms with E-state index >= 15 is 0 Å². The van der Waals surface area contributed by atoms with E-state index in [1.54, 1.807) is 24.3 Å². The van der Waals surface area contributed by atoms with E-state index in [1.807, 2.05) is 12.1 Å². The van der Waals surface area contributed by atoms with E-state index < -0.39 is 11.8 Å². The number of carbonyl (C=O) groups is 2. The first kappa shape index (κ1) is 23.5. The summed E-state index contributed by atoms with van der Waals surface area (Å²) in [5.74, 6) is -0.0214. The molecule has 0 radical (unpaired) electrons. The van der Waals surface area contributed by atoms with Gasteiger partial charge in [0.05, 0.1) is 8.95 Å². The highest BCUT2D eigenvalue weighted by atomic mass is 79.9. The molecule has 2 rings (SSSR count). The summed E-state index contributed by atoms with van der Waals surface area (Å²) in [7, 11) is 0. The Morgan fingerprint density at radius 2 is 1.38 bits per heavy atom. The summed E-state index contributed by atoms with van der Waals surface area (Å²) in [6.07, 6.45) is 0. The molecule has 2 amide bonds. The van der Waals surface area contributed by atoms with E-state index in [-0.39, 0.29) is 18.6 Å². The van der Waals surface area contributed by atoms with Gasteiger partial charge in [-0.05, 0) is 73.2 Å². The summed E-state index contributed by atoms with van der Waals surface area (Å²) in [6, 6.07) is 10.6. The average molecular weight is 549 g/mol. The SMILES string of the molecule is CC(C)(C)c1ccc(OCC(=O)NNC(=O)COc2ccc(Cl)cc2Br)c(Br)c1. The third-order valence-electron chi connectivity index (χ3n) is 3.75. The second-order valence-corrected chi connectivity index (χ2v) is 9.29. The molecule has 0 spiro atoms. The van der Waals surface area contributed by atoms with Crippen LogP contribution in [0.4, 0.5) is 0 Å². The van der Waals surface area contributed by atoms with Crippen LogP contribution in [0.3, 0.4) is 0 Å². The Morgan fingerprint density at radius 1 is 0.897 bits per heavy atom. The summed E-state index contributed by atoms with van der Waals surface area (Å²) in [5.41, 5.74) is 5.69. The van der Waals surface area contributed by atoms with Crippen molar-refractivity contribution >= 4 is 55.3 Å². The molecule has 0 heterocycles. The van der Waals surface area contributed by atoms with Crippen LogP contribution >= 0.6 is 43.5 Å². The lowest BCUT2D eigenvalue weighted by molar-refractivity contribution is -0.131. The van der Waals surface area contributed by atoms with Gasteiger partial charge >= 0.3 is 0 Å². The largest absolute Gasteiger partial charge is 0.483 e. The van der Waals surface area contributed by atoms with Crippen molar-refractivity contribution in [1.29, 1.82) is 0 Å². The van der Waals surface area contributed by atoms with Crippen LogP contribution in [0.25, 0.3) is 0 Å². The Balaban J connectivity index is 1.76. The van der Waals surface area contributed by atoms with Crippen molar-refractivity contribution in [2.75, 3.05) is 13.2 Å². The molecule has 0 aliphatic heterocycles. The fourth-order valence-corrected chi connectivity index (χ4v) is 3.47. The second-order valence-electron chi connectivity index (χ2n) is 7.14. The van der Waals surface area contributed by atoms with Crippen LogP contribution in [0, 0.1) is 0 Å². The molecule has 0 aromatic heterocycles. The molecule has 2 aromatic rings. The standard InChI is InChI=1S/C20H21Br2ClN2O4/c1-20(2,3)12-4-6-16(14(21)8-12)28-10-18(26)24-25-19(27)11-29-17-7-5-13(23)9-15(17)22/h4-9H,10-11H2,1-3H3,(H,24,26)(H,25,27). The molecule has 0 saturated heterocycles. The van der Waals surface area contributed by atoms with E-state index in [4.69, 9.17) is 21.1 Å². The van der Waals surface area contributed by atoms with E-state index in [2.05, 4.69) is 63.5 Å². The Bertz CT molecular complexity index is 901. The predicted octanol–water partition coefficient (Wildman–Crippen LogP) is 4.77. The predicted molar refractivity (Wildman–Crippen MR) is 119 cm³/mol. The molecule has 0 fully saturated rings. The number of halogens is 3. The lowest BCUT2D eigenvalue weighted by Gasteiger charge is -2.20. The van der Waals surface area contributed by atoms with Crippen LogP contribution in [-0.2, 0) is 15.0 Å². The highest BCUT2D eigenvalue weighted by Crippen LogP contribution is 2.31. The third kappa shape index (κ3) is 7.53. The molecule has 0 aliphatic carbocycles. The van der Waals surface area contributed by atoms with Crippen molar-refractivity contribution in [3.8, 4) is 11.5 Å². The van der Waals surface area contributed by atoms with Crippen molar-refractivity contribution in [2.45, 2.75) is 26.2 Å². The minimum absolute atomic E-state index is 0.00633. The maximum absolute atomic E-state index is 11.9. The van der Waals surface area contributed by atoms with Gasteiger partial charge in [-0.15, -0.1) is 0 Å². The van der Waals surface area contributed by atoms with Crippen molar-refractivity contribution in [3.05, 3.63) is 55.9 Å². The average Bonchev–Trinajstić information content (AvgIpc) is 2.63. The van der Waals surface area contributed by atoms with Crippen molar-refractivity contribution in [3.63, 3.8) is 0 Å². The zero-order valence-corrected chi connectivity index (χ0v) is 20.1. The van der Waals surface area contributed by atoms with Gasteiger partial charge in [-0.2, -0.15) is 0 Å². The summed E-state index contributed by atoms with van der Waals surface area (Å²) in [6.45, 7) is 5.81. The zero-order valence-electron chi connectivity index (χ0n) is 16.1. The molecule has 2 aromatic carbocycles. The van der Waals surface area contributed by atoms with Crippen LogP contribution in [0.15, 0.2) is 45.3 Å². The van der Waals surface area contributed by atoms with Crippen LogP contribution in [0.2, 0.25) is 5.02 Å². The molecule has 0 unspecified atom stereocenters. The highest BCUT2D eigenvalue weighted by Gasteiger charge is 2.16. The Kier molecular flexibility index (Phi) is 8.36. The summed E-state index contributed by atoms with van der Waals surface area (Å²) < 4.78 is 12.2. The number of amides is 2. The van der Waals surface area contributed by atoms with Gasteiger partial charge in [-0.1, -0.05) is 38.4 Å². The monoisotopic (exact) mass is 546 g/mol. The smallest absolute Gasteiger partial charge is 0.276 e. The Hall–Kier alpha value is -1.77. The maximum Gasteiger partial charge on any atom is 0.276 e. The molecule has 9 heteroatoms. The first-order chi connectivity index (χ1) is 13.6. The van der Waals surface area contributed by atoms with Gasteiger partial charge in [0, 0.05) is 5.02 Å². The number of hydrazine groups is 1. The van der Waals surface area contributed by atoms with Crippen LogP contribution < -0.4 is 20.3 Å². The van der Waals surface area contributed by atoms with E-state index in [9.17, 15) is 9.59 Å². The Morgan fingerprint density at radius 3 is 1.83 bits per heavy atom. The van der Waals surface area contributed by atoms with Crippen molar-refractivity contribution < 1.29 is 19.1 Å². The van der Waals surface area contributed by atoms with Gasteiger partial charge in [0.2, 0.25) is 0 Å². The molecule has 156 valence electrons. The summed E-state index contributed by atoms with van der Waals surface area (Å²) in [4.78, 5) is 23.7. The lowest BCUT2D eigenvalue weighted by Crippen LogP contribution is -2.45. The van der Waals surface area contributed by atoms with Gasteiger partial charge in [0.15, 0.2) is 13.2 Å². The van der Waals surface area contributed by atoms with E-state index in [0.29, 0.717) is 21.0 Å². The molecular formula is C20H21Br2ClN2O4. The number of carbonyl (C=O) groups excluding carboxylic acids is 2. The van der Waals surface area contributed by atoms with Crippen LogP contribution in [-0.4, -0.2) is 25.0 Å². The molecule has 29 heavy (non-hydrogen) atoms. The number of hydrogen-bond donors (Lipinski definition) is 2. The topological polar surface area (TPSA) is 76.7 Å². The number of rotatable bonds is 6. The summed E-state index contributed by atoms with van der Waals surface area (Å²) >= 11 is 12.6. The number of nitrogens with one attached hydrogen (secondary N) is 2. The fraction of sp³-hybridized carbons (Fsp3) is 0.300. The van der Waals surface area contributed by atoms with Gasteiger partial charge in [0.25, 0.3) is 11.8 Å². The molecule has 2 N–H and O–H groups in total. The van der Waals surface area contributed by atoms with Crippen LogP contribution in [0.5, 0.6) is 11.5 Å². The maximum atomic E-state index is 11.9. The normalized spacial score (nSPS) is 11.0. The third-order valence-corrected chi connectivity index (χ3v) is 5.23. The van der Waals surface area contributed by atoms with Gasteiger partial charge in [0.1, 0.15) is 11.5 Å². The number of benzene rings is 2. The fourth-order valence-electron chi connectivity index (χ4n) is 2.17. The zero-order chi connectivity index (χ0) is 21.6. The van der Waals surface area contributed by atoms with Crippen LogP contribution in [0.1, 0.15) is 26.3 Å². The molecule has 0 atom stereocenters. The second kappa shape index (κ2) is 10.3. The summed E-state index contributed by atoms with van der Waals surface area (Å²) in [5, 5.41) is 0.542. The van der Waals surface area contributed by atoms with Gasteiger partial charge in [-0.3, -0.25) is 20.4 Å². The first-order valence-electron chi connectivity index (χ1n) is 8.64. The molecule has 0 aliphatic rings. The molecule has 0 bridgehead atoms. The first-order valence-corrected chi connectivity index (χ1v) is 10.6.